The second-order valence-corrected chi connectivity index (χ2v) is 21.1. The van der Waals surface area contributed by atoms with E-state index >= 15 is 0 Å². The predicted molar refractivity (Wildman–Crippen MR) is 282 cm³/mol. The number of ether oxygens (including phenoxy) is 6. The Bertz CT molecular complexity index is 2070. The van der Waals surface area contributed by atoms with Crippen molar-refractivity contribution in [3.8, 4) is 23.0 Å². The van der Waals surface area contributed by atoms with Gasteiger partial charge in [0, 0.05) is 37.2 Å². The van der Waals surface area contributed by atoms with Crippen molar-refractivity contribution in [3.63, 3.8) is 0 Å². The van der Waals surface area contributed by atoms with Gasteiger partial charge in [0.05, 0.1) is 60.5 Å². The lowest BCUT2D eigenvalue weighted by Gasteiger charge is -2.18. The number of hydrogen-bond acceptors (Lipinski definition) is 20. The molecule has 0 spiro atoms. The molecule has 2 fully saturated rings. The molecule has 22 nitrogen and oxygen atoms in total. The first-order valence-corrected chi connectivity index (χ1v) is 28.8. The Balaban J connectivity index is 0.916. The smallest absolute Gasteiger partial charge is 0.493 e. The molecule has 422 valence electrons. The van der Waals surface area contributed by atoms with Crippen LogP contribution in [0.1, 0.15) is 191 Å². The summed E-state index contributed by atoms with van der Waals surface area (Å²) < 4.78 is 32.8. The number of hydroxylamine groups is 4. The maximum atomic E-state index is 12.2. The summed E-state index contributed by atoms with van der Waals surface area (Å²) in [6, 6.07) is 5.20. The lowest BCUT2D eigenvalue weighted by molar-refractivity contribution is -0.386. The molecule has 2 aliphatic heterocycles. The Morgan fingerprint density at radius 2 is 0.776 bits per heavy atom. The van der Waals surface area contributed by atoms with E-state index < -0.39 is 58.0 Å². The minimum absolute atomic E-state index is 0.0259. The Hall–Kier alpha value is -6.04. The molecule has 0 N–H and O–H groups in total. The fourth-order valence-electron chi connectivity index (χ4n) is 8.40. The number of unbranched alkanes of at least 4 members (excludes halogenated alkanes) is 18. The third-order valence-corrected chi connectivity index (χ3v) is 15.2. The van der Waals surface area contributed by atoms with E-state index in [4.69, 9.17) is 38.1 Å². The van der Waals surface area contributed by atoms with Crippen LogP contribution in [-0.4, -0.2) is 94.9 Å². The van der Waals surface area contributed by atoms with Crippen LogP contribution in [0.25, 0.3) is 0 Å². The molecule has 0 saturated carbocycles. The molecular weight excluding hydrogens is 1030 g/mol. The normalized spacial score (nSPS) is 14.2. The summed E-state index contributed by atoms with van der Waals surface area (Å²) in [6.45, 7) is 3.50. The number of nitro groups is 2. The van der Waals surface area contributed by atoms with E-state index in [-0.39, 0.29) is 71.2 Å². The zero-order valence-electron chi connectivity index (χ0n) is 44.2. The highest BCUT2D eigenvalue weighted by molar-refractivity contribution is 8.76. The second kappa shape index (κ2) is 34.6. The van der Waals surface area contributed by atoms with E-state index in [1.54, 1.807) is 0 Å². The van der Waals surface area contributed by atoms with E-state index in [1.165, 1.54) is 141 Å². The van der Waals surface area contributed by atoms with Gasteiger partial charge in [-0.3, -0.25) is 49.1 Å². The van der Waals surface area contributed by atoms with Crippen LogP contribution in [0.5, 0.6) is 23.0 Å². The summed E-state index contributed by atoms with van der Waals surface area (Å²) >= 11 is 0. The van der Waals surface area contributed by atoms with Gasteiger partial charge in [0.2, 0.25) is 0 Å². The van der Waals surface area contributed by atoms with Crippen molar-refractivity contribution in [3.05, 3.63) is 55.6 Å². The fourth-order valence-corrected chi connectivity index (χ4v) is 10.7. The first-order valence-electron chi connectivity index (χ1n) is 26.4. The van der Waals surface area contributed by atoms with Crippen molar-refractivity contribution in [2.24, 2.45) is 0 Å². The summed E-state index contributed by atoms with van der Waals surface area (Å²) in [5.41, 5.74) is -0.642. The zero-order chi connectivity index (χ0) is 55.2. The van der Waals surface area contributed by atoms with Gasteiger partial charge in [-0.25, -0.2) is 9.59 Å². The maximum Gasteiger partial charge on any atom is 0.534 e. The highest BCUT2D eigenvalue weighted by Crippen LogP contribution is 2.40. The van der Waals surface area contributed by atoms with Crippen molar-refractivity contribution < 1.29 is 76.7 Å². The van der Waals surface area contributed by atoms with Crippen LogP contribution in [0.3, 0.4) is 0 Å². The van der Waals surface area contributed by atoms with Crippen molar-refractivity contribution in [1.82, 2.24) is 10.1 Å². The van der Waals surface area contributed by atoms with Gasteiger partial charge >= 0.3 is 12.3 Å². The lowest BCUT2D eigenvalue weighted by atomic mass is 10.1. The Labute approximate surface area is 451 Å². The number of imide groups is 2. The van der Waals surface area contributed by atoms with Crippen LogP contribution in [0.2, 0.25) is 0 Å². The molecule has 0 aliphatic carbocycles. The van der Waals surface area contributed by atoms with E-state index in [0.717, 1.165) is 51.4 Å². The molecule has 2 heterocycles. The van der Waals surface area contributed by atoms with Gasteiger partial charge < -0.3 is 28.4 Å². The number of nitrogens with zero attached hydrogens (tertiary/aromatic N) is 4. The molecule has 0 radical (unpaired) electrons. The molecule has 4 rings (SSSR count). The van der Waals surface area contributed by atoms with Crippen molar-refractivity contribution in [2.75, 3.05) is 38.9 Å². The fraction of sp³-hybridized carbons (Fsp3) is 0.654. The van der Waals surface area contributed by atoms with E-state index in [2.05, 4.69) is 0 Å². The topological polar surface area (TPSA) is 269 Å². The number of amides is 4. The number of carbonyl (C=O) groups excluding carboxylic acids is 6. The molecule has 2 aromatic rings. The van der Waals surface area contributed by atoms with Crippen LogP contribution in [0.4, 0.5) is 21.0 Å². The minimum atomic E-state index is -1.35. The van der Waals surface area contributed by atoms with Gasteiger partial charge in [-0.1, -0.05) is 134 Å². The van der Waals surface area contributed by atoms with Crippen molar-refractivity contribution in [2.45, 2.75) is 180 Å². The van der Waals surface area contributed by atoms with Crippen LogP contribution >= 0.6 is 21.6 Å². The summed E-state index contributed by atoms with van der Waals surface area (Å²) in [5.74, 6) is 0.530. The molecule has 4 amide bonds. The molecule has 76 heavy (non-hydrogen) atoms. The van der Waals surface area contributed by atoms with E-state index in [0.29, 0.717) is 23.3 Å². The van der Waals surface area contributed by atoms with E-state index in [9.17, 15) is 49.0 Å². The maximum absolute atomic E-state index is 12.2. The largest absolute Gasteiger partial charge is 0.534 e. The average molecular weight is 1110 g/mol. The van der Waals surface area contributed by atoms with Gasteiger partial charge in [0.15, 0.2) is 23.0 Å². The number of benzene rings is 2. The van der Waals surface area contributed by atoms with Crippen LogP contribution in [-0.2, 0) is 38.3 Å². The molecular formula is C52H74N4O18S2. The standard InChI is InChI=1S/C52H74N4O18S2/c1-37(71-51(61)73-53-47(57)25-26-48(53)58)39-33-43(67-3)45(35-41(39)55(63)64)69-29-21-17-13-9-5-7-11-15-19-23-31-75-76-32-24-20-16-12-8-6-10-14-18-22-30-70-46-36-42(56(65)66)40(34-44(46)68-4)38(2)72-52(62)74-54-49(59)27-28-50(54)60/h33-38H,5-32H2,1-4H3. The first-order chi connectivity index (χ1) is 36.6. The quantitative estimate of drug-likeness (QED) is 0.0150. The van der Waals surface area contributed by atoms with Crippen molar-refractivity contribution >= 4 is 68.9 Å². The lowest BCUT2D eigenvalue weighted by Crippen LogP contribution is -2.32. The Morgan fingerprint density at radius 1 is 0.487 bits per heavy atom. The van der Waals surface area contributed by atoms with Gasteiger partial charge in [-0.2, -0.15) is 0 Å². The molecule has 2 unspecified atom stereocenters. The van der Waals surface area contributed by atoms with Crippen molar-refractivity contribution in [1.29, 1.82) is 0 Å². The highest BCUT2D eigenvalue weighted by Gasteiger charge is 2.36. The molecule has 2 atom stereocenters. The average Bonchev–Trinajstić information content (AvgIpc) is 3.88. The van der Waals surface area contributed by atoms with Gasteiger partial charge in [-0.05, 0) is 51.7 Å². The number of carbonyl (C=O) groups is 6. The van der Waals surface area contributed by atoms with E-state index in [1.807, 2.05) is 21.6 Å². The number of hydrogen-bond donors (Lipinski definition) is 0. The predicted octanol–water partition coefficient (Wildman–Crippen LogP) is 12.7. The summed E-state index contributed by atoms with van der Waals surface area (Å²) in [6.07, 6.45) is 17.4. The summed E-state index contributed by atoms with van der Waals surface area (Å²) in [5, 5.41) is 24.5. The second-order valence-electron chi connectivity index (χ2n) is 18.4. The SMILES string of the molecule is COc1cc(C(C)OC(=O)ON2C(=O)CCC2=O)c([N+](=O)[O-])cc1OCCCCCCCCCCCCSSCCCCCCCCCCCCOc1cc([N+](=O)[O-])c(C(C)OC(=O)ON2C(=O)CCC2=O)cc1OC. The summed E-state index contributed by atoms with van der Waals surface area (Å²) in [7, 11) is 6.78. The highest BCUT2D eigenvalue weighted by atomic mass is 33.1. The monoisotopic (exact) mass is 1110 g/mol. The zero-order valence-corrected chi connectivity index (χ0v) is 45.8. The third kappa shape index (κ3) is 21.5. The van der Waals surface area contributed by atoms with Gasteiger partial charge in [-0.15, -0.1) is 0 Å². The van der Waals surface area contributed by atoms with Crippen LogP contribution in [0.15, 0.2) is 24.3 Å². The third-order valence-electron chi connectivity index (χ3n) is 12.6. The molecule has 0 bridgehead atoms. The van der Waals surface area contributed by atoms with Gasteiger partial charge in [0.25, 0.3) is 35.0 Å². The first kappa shape index (κ1) is 62.5. The van der Waals surface area contributed by atoms with Gasteiger partial charge in [0.1, 0.15) is 12.2 Å². The number of methoxy groups -OCH3 is 2. The summed E-state index contributed by atoms with van der Waals surface area (Å²) in [4.78, 5) is 104. The number of rotatable bonds is 39. The molecule has 0 aromatic heterocycles. The Morgan fingerprint density at radius 3 is 1.07 bits per heavy atom. The minimum Gasteiger partial charge on any atom is -0.493 e. The van der Waals surface area contributed by atoms with Crippen LogP contribution in [0, 0.1) is 20.2 Å². The molecule has 2 saturated heterocycles. The molecule has 2 aromatic carbocycles. The number of nitro benzene ring substituents is 2. The molecule has 2 aliphatic rings. The molecule has 24 heteroatoms. The van der Waals surface area contributed by atoms with Crippen LogP contribution < -0.4 is 18.9 Å². The Kier molecular flexibility index (Phi) is 28.4.